The molecule has 0 N–H and O–H groups in total. The number of aromatic nitrogens is 2. The van der Waals surface area contributed by atoms with Gasteiger partial charge in [-0.15, -0.1) is 11.3 Å². The van der Waals surface area contributed by atoms with Gasteiger partial charge in [-0.05, 0) is 48.0 Å². The van der Waals surface area contributed by atoms with Gasteiger partial charge in [-0.25, -0.2) is 13.4 Å². The highest BCUT2D eigenvalue weighted by Gasteiger charge is 2.24. The molecule has 39 heavy (non-hydrogen) atoms. The topological polar surface area (TPSA) is 81.5 Å². The van der Waals surface area contributed by atoms with Gasteiger partial charge >= 0.3 is 0 Å². The molecule has 1 aliphatic heterocycles. The Labute approximate surface area is 234 Å². The first kappa shape index (κ1) is 25.8. The summed E-state index contributed by atoms with van der Waals surface area (Å²) in [6.07, 6.45) is 1.20. The van der Waals surface area contributed by atoms with E-state index in [9.17, 15) is 13.2 Å². The zero-order valence-electron chi connectivity index (χ0n) is 21.0. The second kappa shape index (κ2) is 10.2. The second-order valence-corrected chi connectivity index (χ2v) is 12.7. The van der Waals surface area contributed by atoms with E-state index in [4.69, 9.17) is 21.3 Å². The Morgan fingerprint density at radius 2 is 1.64 bits per heavy atom. The summed E-state index contributed by atoms with van der Waals surface area (Å²) in [5.41, 5.74) is 2.76. The summed E-state index contributed by atoms with van der Waals surface area (Å²) < 4.78 is 31.3. The van der Waals surface area contributed by atoms with Crippen LogP contribution in [0.1, 0.15) is 0 Å². The first-order valence-electron chi connectivity index (χ1n) is 12.4. The van der Waals surface area contributed by atoms with Crippen LogP contribution in [0.25, 0.3) is 38.4 Å². The van der Waals surface area contributed by atoms with E-state index in [1.165, 1.54) is 6.26 Å². The zero-order valence-corrected chi connectivity index (χ0v) is 23.4. The summed E-state index contributed by atoms with van der Waals surface area (Å²) in [5.74, 6) is 0.491. The van der Waals surface area contributed by atoms with Crippen LogP contribution >= 0.6 is 22.9 Å². The number of halogens is 1. The molecule has 0 unspecified atom stereocenters. The highest BCUT2D eigenvalue weighted by Crippen LogP contribution is 2.44. The molecule has 1 aliphatic rings. The van der Waals surface area contributed by atoms with Crippen LogP contribution in [-0.4, -0.2) is 50.5 Å². The van der Waals surface area contributed by atoms with Gasteiger partial charge in [-0.3, -0.25) is 9.36 Å². The predicted molar refractivity (Wildman–Crippen MR) is 157 cm³/mol. The van der Waals surface area contributed by atoms with E-state index in [1.54, 1.807) is 40.2 Å². The molecule has 0 bridgehead atoms. The molecule has 1 fully saturated rings. The Morgan fingerprint density at radius 1 is 0.949 bits per heavy atom. The maximum Gasteiger partial charge on any atom is 0.266 e. The van der Waals surface area contributed by atoms with Crippen LogP contribution in [0.15, 0.2) is 88.6 Å². The summed E-state index contributed by atoms with van der Waals surface area (Å²) in [6.45, 7) is 2.66. The molecule has 7 nitrogen and oxygen atoms in total. The molecule has 3 heterocycles. The van der Waals surface area contributed by atoms with Crippen LogP contribution < -0.4 is 10.5 Å². The molecule has 198 valence electrons. The molecule has 0 atom stereocenters. The summed E-state index contributed by atoms with van der Waals surface area (Å²) in [7, 11) is -3.32. The van der Waals surface area contributed by atoms with Gasteiger partial charge in [0, 0.05) is 24.9 Å². The molecule has 6 rings (SSSR count). The van der Waals surface area contributed by atoms with E-state index >= 15 is 0 Å². The van der Waals surface area contributed by atoms with E-state index in [2.05, 4.69) is 4.90 Å². The minimum atomic E-state index is -3.32. The monoisotopic (exact) mass is 577 g/mol. The lowest BCUT2D eigenvalue weighted by atomic mass is 10.1. The number of benzene rings is 3. The zero-order chi connectivity index (χ0) is 27.1. The SMILES string of the molecule is CS(=O)(=O)c1ccc(-c2cc(-c3nc4ccccc4c(=O)n3-c3ccccc3Cl)sc2N2CCOCC2)cc1. The van der Waals surface area contributed by atoms with Crippen molar-refractivity contribution in [3.05, 3.63) is 94.2 Å². The van der Waals surface area contributed by atoms with Crippen molar-refractivity contribution in [3.63, 3.8) is 0 Å². The normalized spacial score (nSPS) is 14.2. The maximum atomic E-state index is 13.9. The Balaban J connectivity index is 1.60. The third-order valence-electron chi connectivity index (χ3n) is 6.69. The molecule has 3 aromatic carbocycles. The number of fused-ring (bicyclic) bond motifs is 1. The van der Waals surface area contributed by atoms with Gasteiger partial charge < -0.3 is 9.64 Å². The van der Waals surface area contributed by atoms with E-state index in [0.29, 0.717) is 40.7 Å². The average molecular weight is 578 g/mol. The summed E-state index contributed by atoms with van der Waals surface area (Å²) in [6, 6.07) is 23.4. The Kier molecular flexibility index (Phi) is 6.76. The summed E-state index contributed by atoms with van der Waals surface area (Å²) in [4.78, 5) is 22.1. The fourth-order valence-electron chi connectivity index (χ4n) is 4.74. The fourth-order valence-corrected chi connectivity index (χ4v) is 6.80. The van der Waals surface area contributed by atoms with Crippen molar-refractivity contribution in [2.45, 2.75) is 4.90 Å². The molecule has 1 saturated heterocycles. The average Bonchev–Trinajstić information content (AvgIpc) is 3.39. The Morgan fingerprint density at radius 3 is 2.36 bits per heavy atom. The summed E-state index contributed by atoms with van der Waals surface area (Å²) >= 11 is 8.13. The van der Waals surface area contributed by atoms with Crippen molar-refractivity contribution in [2.75, 3.05) is 37.5 Å². The quantitative estimate of drug-likeness (QED) is 0.267. The fraction of sp³-hybridized carbons (Fsp3) is 0.172. The molecule has 0 spiro atoms. The predicted octanol–water partition coefficient (Wildman–Crippen LogP) is 5.67. The second-order valence-electron chi connectivity index (χ2n) is 9.27. The standard InChI is InChI=1S/C29H24ClN3O4S2/c1-39(35,36)20-12-10-19(11-13-20)22-18-26(38-29(22)32-14-16-37-17-15-32)27-31-24-8-4-2-6-21(24)28(34)33(27)25-9-5-3-7-23(25)30/h2-13,18H,14-17H2,1H3. The lowest BCUT2D eigenvalue weighted by molar-refractivity contribution is 0.123. The van der Waals surface area contributed by atoms with E-state index in [-0.39, 0.29) is 10.5 Å². The number of ether oxygens (including phenoxy) is 1. The first-order valence-corrected chi connectivity index (χ1v) is 15.4. The third-order valence-corrected chi connectivity index (χ3v) is 9.33. The van der Waals surface area contributed by atoms with Crippen molar-refractivity contribution in [1.29, 1.82) is 0 Å². The lowest BCUT2D eigenvalue weighted by Crippen LogP contribution is -2.35. The Bertz CT molecular complexity index is 1860. The van der Waals surface area contributed by atoms with Crippen LogP contribution in [0.2, 0.25) is 5.02 Å². The molecule has 2 aromatic heterocycles. The Hall–Kier alpha value is -3.50. The van der Waals surface area contributed by atoms with Crippen LogP contribution in [0, 0.1) is 0 Å². The number of sulfone groups is 1. The van der Waals surface area contributed by atoms with Crippen LogP contribution in [0.5, 0.6) is 0 Å². The van der Waals surface area contributed by atoms with Crippen molar-refractivity contribution >= 4 is 48.7 Å². The van der Waals surface area contributed by atoms with E-state index < -0.39 is 9.84 Å². The number of hydrogen-bond donors (Lipinski definition) is 0. The van der Waals surface area contributed by atoms with Crippen molar-refractivity contribution in [2.24, 2.45) is 0 Å². The van der Waals surface area contributed by atoms with Crippen LogP contribution in [0.3, 0.4) is 0 Å². The van der Waals surface area contributed by atoms with Gasteiger partial charge in [-0.1, -0.05) is 48.0 Å². The number of hydrogen-bond acceptors (Lipinski definition) is 7. The van der Waals surface area contributed by atoms with Crippen LogP contribution in [0.4, 0.5) is 5.00 Å². The number of rotatable bonds is 5. The van der Waals surface area contributed by atoms with Gasteiger partial charge in [0.1, 0.15) is 0 Å². The van der Waals surface area contributed by atoms with E-state index in [0.717, 1.165) is 34.1 Å². The molecule has 0 saturated carbocycles. The lowest BCUT2D eigenvalue weighted by Gasteiger charge is -2.28. The molecular formula is C29H24ClN3O4S2. The number of para-hydroxylation sites is 2. The largest absolute Gasteiger partial charge is 0.378 e. The van der Waals surface area contributed by atoms with E-state index in [1.807, 2.05) is 54.6 Å². The first-order chi connectivity index (χ1) is 18.8. The number of anilines is 1. The molecule has 0 radical (unpaired) electrons. The molecule has 5 aromatic rings. The van der Waals surface area contributed by atoms with Crippen LogP contribution in [-0.2, 0) is 14.6 Å². The third kappa shape index (κ3) is 4.87. The smallest absolute Gasteiger partial charge is 0.266 e. The van der Waals surface area contributed by atoms with Gasteiger partial charge in [0.15, 0.2) is 15.7 Å². The van der Waals surface area contributed by atoms with Gasteiger partial charge in [0.2, 0.25) is 0 Å². The minimum absolute atomic E-state index is 0.205. The number of morpholine rings is 1. The maximum absolute atomic E-state index is 13.9. The van der Waals surface area contributed by atoms with Gasteiger partial charge in [0.05, 0.1) is 49.6 Å². The number of nitrogens with zero attached hydrogens (tertiary/aromatic N) is 3. The van der Waals surface area contributed by atoms with Gasteiger partial charge in [-0.2, -0.15) is 0 Å². The number of thiophene rings is 1. The van der Waals surface area contributed by atoms with Crippen molar-refractivity contribution in [3.8, 4) is 27.5 Å². The summed E-state index contributed by atoms with van der Waals surface area (Å²) in [5, 5.41) is 1.95. The molecule has 0 amide bonds. The highest BCUT2D eigenvalue weighted by atomic mass is 35.5. The van der Waals surface area contributed by atoms with Crippen molar-refractivity contribution < 1.29 is 13.2 Å². The van der Waals surface area contributed by atoms with Crippen molar-refractivity contribution in [1.82, 2.24) is 9.55 Å². The highest BCUT2D eigenvalue weighted by molar-refractivity contribution is 7.90. The van der Waals surface area contributed by atoms with Gasteiger partial charge in [0.25, 0.3) is 5.56 Å². The molecular weight excluding hydrogens is 554 g/mol. The molecule has 10 heteroatoms. The molecule has 0 aliphatic carbocycles. The minimum Gasteiger partial charge on any atom is -0.378 e.